The Balaban J connectivity index is 1.92. The number of nitrogens with one attached hydrogen (secondary N) is 1. The number of aromatic nitrogens is 1. The van der Waals surface area contributed by atoms with Crippen molar-refractivity contribution in [1.29, 1.82) is 0 Å². The highest BCUT2D eigenvalue weighted by Gasteiger charge is 2.34. The number of halogens is 4. The minimum Gasteiger partial charge on any atom is -0.494 e. The predicted octanol–water partition coefficient (Wildman–Crippen LogP) is 5.99. The topological polar surface area (TPSA) is 65.4 Å². The van der Waals surface area contributed by atoms with Gasteiger partial charge < -0.3 is 10.1 Å². The highest BCUT2D eigenvalue weighted by molar-refractivity contribution is 6.41. The summed E-state index contributed by atoms with van der Waals surface area (Å²) in [6, 6.07) is 9.69. The molecule has 1 aromatic heterocycles. The van der Waals surface area contributed by atoms with Crippen LogP contribution in [0.25, 0.3) is 11.3 Å². The van der Waals surface area contributed by atoms with Crippen molar-refractivity contribution in [2.24, 2.45) is 4.99 Å². The molecule has 1 aliphatic heterocycles. The molecule has 0 atom stereocenters. The summed E-state index contributed by atoms with van der Waals surface area (Å²) in [5.41, 5.74) is 2.17. The Labute approximate surface area is 168 Å². The third-order valence-electron chi connectivity index (χ3n) is 4.03. The van der Waals surface area contributed by atoms with Crippen LogP contribution < -0.4 is 0 Å². The molecule has 130 valence electrons. The lowest BCUT2D eigenvalue weighted by molar-refractivity contribution is 0.101. The first-order valence-corrected chi connectivity index (χ1v) is 8.87. The van der Waals surface area contributed by atoms with Crippen molar-refractivity contribution >= 4 is 58.0 Å². The first-order valence-electron chi connectivity index (χ1n) is 7.36. The monoisotopic (exact) mass is 424 g/mol. The molecule has 1 amide bonds. The van der Waals surface area contributed by atoms with E-state index >= 15 is 0 Å². The summed E-state index contributed by atoms with van der Waals surface area (Å²) in [6.07, 6.45) is 0. The van der Waals surface area contributed by atoms with Crippen molar-refractivity contribution in [3.05, 3.63) is 73.2 Å². The number of fused-ring (bicyclic) bond motifs is 1. The van der Waals surface area contributed by atoms with Gasteiger partial charge in [-0.2, -0.15) is 0 Å². The summed E-state index contributed by atoms with van der Waals surface area (Å²) in [7, 11) is 0. The Morgan fingerprint density at radius 1 is 0.846 bits per heavy atom. The van der Waals surface area contributed by atoms with E-state index in [9.17, 15) is 9.90 Å². The van der Waals surface area contributed by atoms with Crippen molar-refractivity contribution in [3.8, 4) is 17.1 Å². The fraction of sp³-hybridized carbons (Fsp3) is 0. The number of benzene rings is 2. The van der Waals surface area contributed by atoms with Gasteiger partial charge >= 0.3 is 0 Å². The fourth-order valence-corrected chi connectivity index (χ4v) is 3.92. The second-order valence-corrected chi connectivity index (χ2v) is 7.30. The minimum absolute atomic E-state index is 0.198. The smallest absolute Gasteiger partial charge is 0.280 e. The number of nitrogens with zero attached hydrogens (tertiary/aromatic N) is 1. The minimum atomic E-state index is -0.501. The third-order valence-corrected chi connectivity index (χ3v) is 5.13. The van der Waals surface area contributed by atoms with Gasteiger partial charge in [-0.15, -0.1) is 0 Å². The molecule has 0 spiro atoms. The number of hydrogen-bond donors (Lipinski definition) is 2. The Morgan fingerprint density at radius 3 is 2.00 bits per heavy atom. The van der Waals surface area contributed by atoms with Crippen LogP contribution in [0.2, 0.25) is 20.1 Å². The molecule has 2 N–H and O–H groups in total. The summed E-state index contributed by atoms with van der Waals surface area (Å²) in [4.78, 5) is 19.4. The van der Waals surface area contributed by atoms with Crippen molar-refractivity contribution in [3.63, 3.8) is 0 Å². The number of aliphatic imine (C=N–C) groups is 1. The van der Waals surface area contributed by atoms with Crippen molar-refractivity contribution in [1.82, 2.24) is 4.98 Å². The number of carbonyl (C=O) groups excluding carboxylic acids is 1. The lowest BCUT2D eigenvalue weighted by Gasteiger charge is -2.04. The molecule has 3 aromatic rings. The molecular weight excluding hydrogens is 418 g/mol. The zero-order chi connectivity index (χ0) is 18.6. The van der Waals surface area contributed by atoms with Gasteiger partial charge in [-0.05, 0) is 36.4 Å². The standard InChI is InChI=1S/C18H8Cl4N2O2/c19-7-1-3-9(11(21)5-7)15-13-14(18(26)23-15)16(24-17(13)25)10-4-2-8(20)6-12(10)22/h1-6,23,26H. The predicted molar refractivity (Wildman–Crippen MR) is 104 cm³/mol. The van der Waals surface area contributed by atoms with Gasteiger partial charge in [0.25, 0.3) is 5.91 Å². The molecule has 4 nitrogen and oxygen atoms in total. The third kappa shape index (κ3) is 2.70. The van der Waals surface area contributed by atoms with E-state index in [2.05, 4.69) is 9.98 Å². The van der Waals surface area contributed by atoms with Gasteiger partial charge in [0, 0.05) is 21.2 Å². The second-order valence-electron chi connectivity index (χ2n) is 5.61. The Kier molecular flexibility index (Phi) is 4.24. The Morgan fingerprint density at radius 2 is 1.42 bits per heavy atom. The molecule has 4 rings (SSSR count). The van der Waals surface area contributed by atoms with Gasteiger partial charge in [-0.1, -0.05) is 46.4 Å². The normalized spacial score (nSPS) is 13.1. The first kappa shape index (κ1) is 17.4. The number of amides is 1. The molecule has 26 heavy (non-hydrogen) atoms. The van der Waals surface area contributed by atoms with Crippen LogP contribution in [0.15, 0.2) is 41.4 Å². The summed E-state index contributed by atoms with van der Waals surface area (Å²) >= 11 is 24.3. The number of rotatable bonds is 2. The highest BCUT2D eigenvalue weighted by Crippen LogP contribution is 2.41. The van der Waals surface area contributed by atoms with Crippen LogP contribution in [0.4, 0.5) is 0 Å². The number of H-pyrrole nitrogens is 1. The van der Waals surface area contributed by atoms with Crippen molar-refractivity contribution in [2.45, 2.75) is 0 Å². The quantitative estimate of drug-likeness (QED) is 0.529. The molecule has 0 bridgehead atoms. The summed E-state index contributed by atoms with van der Waals surface area (Å²) in [5, 5.41) is 12.0. The van der Waals surface area contributed by atoms with Crippen LogP contribution >= 0.6 is 46.4 Å². The first-order chi connectivity index (χ1) is 12.4. The lowest BCUT2D eigenvalue weighted by Crippen LogP contribution is -2.00. The van der Waals surface area contributed by atoms with Gasteiger partial charge in [0.1, 0.15) is 0 Å². The van der Waals surface area contributed by atoms with Crippen molar-refractivity contribution < 1.29 is 9.90 Å². The van der Waals surface area contributed by atoms with Gasteiger partial charge in [0.05, 0.1) is 32.6 Å². The highest BCUT2D eigenvalue weighted by atomic mass is 35.5. The Hall–Kier alpha value is -1.98. The van der Waals surface area contributed by atoms with Gasteiger partial charge in [0.15, 0.2) is 5.88 Å². The van der Waals surface area contributed by atoms with E-state index < -0.39 is 5.91 Å². The number of hydrogen-bond acceptors (Lipinski definition) is 2. The van der Waals surface area contributed by atoms with Gasteiger partial charge in [-0.3, -0.25) is 4.79 Å². The molecular formula is C18H8Cl4N2O2. The molecule has 1 aliphatic rings. The maximum absolute atomic E-state index is 12.6. The number of aromatic amines is 1. The fourth-order valence-electron chi connectivity index (χ4n) is 2.92. The maximum Gasteiger partial charge on any atom is 0.280 e. The van der Waals surface area contributed by atoms with Gasteiger partial charge in [0.2, 0.25) is 0 Å². The number of carbonyl (C=O) groups is 1. The number of aromatic hydroxyl groups is 1. The summed E-state index contributed by atoms with van der Waals surface area (Å²) in [5.74, 6) is -0.699. The molecule has 0 unspecified atom stereocenters. The van der Waals surface area contributed by atoms with Crippen LogP contribution in [0.3, 0.4) is 0 Å². The molecule has 0 aliphatic carbocycles. The average Bonchev–Trinajstić information content (AvgIpc) is 3.07. The molecule has 0 radical (unpaired) electrons. The largest absolute Gasteiger partial charge is 0.494 e. The molecule has 0 fully saturated rings. The van der Waals surface area contributed by atoms with Crippen LogP contribution in [-0.4, -0.2) is 21.7 Å². The summed E-state index contributed by atoms with van der Waals surface area (Å²) in [6.45, 7) is 0. The SMILES string of the molecule is O=C1N=C(c2ccc(Cl)cc2Cl)c2c(O)[nH]c(-c3ccc(Cl)cc3Cl)c21. The lowest BCUT2D eigenvalue weighted by atomic mass is 10.00. The molecule has 2 heterocycles. The van der Waals surface area contributed by atoms with E-state index in [4.69, 9.17) is 46.4 Å². The van der Waals surface area contributed by atoms with E-state index in [0.717, 1.165) is 0 Å². The van der Waals surface area contributed by atoms with Crippen LogP contribution in [-0.2, 0) is 0 Å². The van der Waals surface area contributed by atoms with E-state index in [1.165, 1.54) is 0 Å². The Bertz CT molecular complexity index is 1120. The molecule has 8 heteroatoms. The van der Waals surface area contributed by atoms with Crippen LogP contribution in [0.5, 0.6) is 5.88 Å². The van der Waals surface area contributed by atoms with E-state index in [1.54, 1.807) is 36.4 Å². The van der Waals surface area contributed by atoms with Crippen LogP contribution in [0, 0.1) is 0 Å². The molecule has 0 saturated carbocycles. The average molecular weight is 426 g/mol. The zero-order valence-corrected chi connectivity index (χ0v) is 15.8. The van der Waals surface area contributed by atoms with Crippen LogP contribution in [0.1, 0.15) is 21.5 Å². The molecule has 2 aromatic carbocycles. The zero-order valence-electron chi connectivity index (χ0n) is 12.8. The summed E-state index contributed by atoms with van der Waals surface area (Å²) < 4.78 is 0. The van der Waals surface area contributed by atoms with E-state index in [-0.39, 0.29) is 22.7 Å². The molecule has 0 saturated heterocycles. The maximum atomic E-state index is 12.6. The van der Waals surface area contributed by atoms with Gasteiger partial charge in [-0.25, -0.2) is 4.99 Å². The van der Waals surface area contributed by atoms with Crippen molar-refractivity contribution in [2.75, 3.05) is 0 Å². The van der Waals surface area contributed by atoms with E-state index in [0.29, 0.717) is 36.9 Å². The second kappa shape index (κ2) is 6.32. The van der Waals surface area contributed by atoms with E-state index in [1.807, 2.05) is 0 Å².